The van der Waals surface area contributed by atoms with Crippen LogP contribution >= 0.6 is 0 Å². The molecule has 0 radical (unpaired) electrons. The van der Waals surface area contributed by atoms with Gasteiger partial charge in [0.15, 0.2) is 12.0 Å². The van der Waals surface area contributed by atoms with Crippen LogP contribution in [-0.2, 0) is 19.0 Å². The van der Waals surface area contributed by atoms with Gasteiger partial charge in [0, 0.05) is 18.2 Å². The quantitative estimate of drug-likeness (QED) is 0.796. The van der Waals surface area contributed by atoms with E-state index >= 15 is 0 Å². The van der Waals surface area contributed by atoms with E-state index in [0.29, 0.717) is 5.56 Å². The van der Waals surface area contributed by atoms with Gasteiger partial charge in [0.2, 0.25) is 5.78 Å². The van der Waals surface area contributed by atoms with E-state index in [-0.39, 0.29) is 33.9 Å². The van der Waals surface area contributed by atoms with E-state index in [0.717, 1.165) is 0 Å². The van der Waals surface area contributed by atoms with Crippen molar-refractivity contribution < 1.29 is 28.6 Å². The molecule has 0 saturated carbocycles. The second kappa shape index (κ2) is 7.96. The fourth-order valence-electron chi connectivity index (χ4n) is 3.04. The predicted molar refractivity (Wildman–Crippen MR) is 100 cm³/mol. The van der Waals surface area contributed by atoms with Crippen molar-refractivity contribution in [2.45, 2.75) is 6.10 Å². The number of hydrogen-bond acceptors (Lipinski definition) is 7. The molecule has 1 unspecified atom stereocenters. The lowest BCUT2D eigenvalue weighted by atomic mass is 9.92. The van der Waals surface area contributed by atoms with Crippen molar-refractivity contribution in [3.05, 3.63) is 76.7 Å². The molecule has 2 aromatic carbocycles. The molecule has 144 valence electrons. The van der Waals surface area contributed by atoms with Crippen LogP contribution in [0.25, 0.3) is 5.57 Å². The third-order valence-electron chi connectivity index (χ3n) is 4.39. The van der Waals surface area contributed by atoms with Crippen molar-refractivity contribution in [2.24, 2.45) is 0 Å². The monoisotopic (exact) mass is 381 g/mol. The Hall–Kier alpha value is -3.61. The highest BCUT2D eigenvalue weighted by Gasteiger charge is 2.38. The average molecular weight is 381 g/mol. The van der Waals surface area contributed by atoms with Gasteiger partial charge in [-0.1, -0.05) is 30.3 Å². The summed E-state index contributed by atoms with van der Waals surface area (Å²) in [5.41, 5.74) is 1.43. The first-order chi connectivity index (χ1) is 13.5. The standard InChI is InChI=1S/C21H19NO6/c1-22-19-16(17(23)18(28-19)12-7-5-4-6-8-12)15-11-13(20(24)26-2)9-10-14(15)21(25)27-3/h4-11,18,22H,1-3H3. The Morgan fingerprint density at radius 3 is 2.29 bits per heavy atom. The SMILES string of the molecule is CNC1=C(c2cc(C(=O)OC)ccc2C(=O)OC)C(=O)C(c2ccccc2)O1. The van der Waals surface area contributed by atoms with Crippen molar-refractivity contribution in [1.29, 1.82) is 0 Å². The number of ketones is 1. The number of nitrogens with one attached hydrogen (secondary N) is 1. The number of carbonyl (C=O) groups excluding carboxylic acids is 3. The fraction of sp³-hybridized carbons (Fsp3) is 0.190. The van der Waals surface area contributed by atoms with Crippen LogP contribution in [0, 0.1) is 0 Å². The zero-order chi connectivity index (χ0) is 20.3. The van der Waals surface area contributed by atoms with Gasteiger partial charge in [-0.05, 0) is 18.2 Å². The molecule has 2 aromatic rings. The number of rotatable bonds is 5. The van der Waals surface area contributed by atoms with Crippen molar-refractivity contribution >= 4 is 23.3 Å². The van der Waals surface area contributed by atoms with Crippen LogP contribution in [0.2, 0.25) is 0 Å². The van der Waals surface area contributed by atoms with Crippen LogP contribution < -0.4 is 5.32 Å². The maximum atomic E-state index is 13.2. The van der Waals surface area contributed by atoms with Crippen LogP contribution in [0.15, 0.2) is 54.4 Å². The van der Waals surface area contributed by atoms with Gasteiger partial charge in [-0.15, -0.1) is 0 Å². The Morgan fingerprint density at radius 2 is 1.68 bits per heavy atom. The minimum atomic E-state index is -0.856. The number of benzene rings is 2. The molecule has 0 fully saturated rings. The lowest BCUT2D eigenvalue weighted by Crippen LogP contribution is -2.14. The average Bonchev–Trinajstić information content (AvgIpc) is 3.08. The van der Waals surface area contributed by atoms with Gasteiger partial charge >= 0.3 is 11.9 Å². The second-order valence-corrected chi connectivity index (χ2v) is 5.97. The molecular weight excluding hydrogens is 362 g/mol. The summed E-state index contributed by atoms with van der Waals surface area (Å²) >= 11 is 0. The molecule has 3 rings (SSSR count). The fourth-order valence-corrected chi connectivity index (χ4v) is 3.04. The summed E-state index contributed by atoms with van der Waals surface area (Å²) in [7, 11) is 4.11. The maximum Gasteiger partial charge on any atom is 0.338 e. The van der Waals surface area contributed by atoms with E-state index < -0.39 is 18.0 Å². The Morgan fingerprint density at radius 1 is 1.00 bits per heavy atom. The summed E-state index contributed by atoms with van der Waals surface area (Å²) < 4.78 is 15.4. The van der Waals surface area contributed by atoms with Crippen LogP contribution in [-0.4, -0.2) is 39.0 Å². The molecule has 1 heterocycles. The summed E-state index contributed by atoms with van der Waals surface area (Å²) in [5, 5.41) is 2.86. The number of carbonyl (C=O) groups is 3. The van der Waals surface area contributed by atoms with E-state index in [2.05, 4.69) is 5.32 Å². The molecule has 0 amide bonds. The highest BCUT2D eigenvalue weighted by molar-refractivity contribution is 6.27. The van der Waals surface area contributed by atoms with Gasteiger partial charge in [-0.2, -0.15) is 0 Å². The van der Waals surface area contributed by atoms with Gasteiger partial charge in [0.25, 0.3) is 0 Å². The predicted octanol–water partition coefficient (Wildman–Crippen LogP) is 2.49. The molecule has 1 N–H and O–H groups in total. The van der Waals surface area contributed by atoms with E-state index in [1.807, 2.05) is 6.07 Å². The van der Waals surface area contributed by atoms with Gasteiger partial charge < -0.3 is 19.5 Å². The summed E-state index contributed by atoms with van der Waals surface area (Å²) in [6.07, 6.45) is -0.856. The minimum Gasteiger partial charge on any atom is -0.465 e. The summed E-state index contributed by atoms with van der Waals surface area (Å²) in [4.78, 5) is 37.4. The molecule has 0 saturated heterocycles. The first kappa shape index (κ1) is 19.2. The lowest BCUT2D eigenvalue weighted by molar-refractivity contribution is -0.120. The van der Waals surface area contributed by atoms with Gasteiger partial charge in [-0.25, -0.2) is 9.59 Å². The normalized spacial score (nSPS) is 15.8. The molecule has 0 aromatic heterocycles. The van der Waals surface area contributed by atoms with Crippen molar-refractivity contribution in [1.82, 2.24) is 5.32 Å². The largest absolute Gasteiger partial charge is 0.465 e. The van der Waals surface area contributed by atoms with E-state index in [9.17, 15) is 14.4 Å². The third-order valence-corrected chi connectivity index (χ3v) is 4.39. The number of hydrogen-bond donors (Lipinski definition) is 1. The van der Waals surface area contributed by atoms with Crippen LogP contribution in [0.1, 0.15) is 37.9 Å². The van der Waals surface area contributed by atoms with Gasteiger partial charge in [0.1, 0.15) is 0 Å². The highest BCUT2D eigenvalue weighted by Crippen LogP contribution is 2.38. The highest BCUT2D eigenvalue weighted by atomic mass is 16.5. The van der Waals surface area contributed by atoms with Crippen molar-refractivity contribution in [2.75, 3.05) is 21.3 Å². The topological polar surface area (TPSA) is 90.9 Å². The smallest absolute Gasteiger partial charge is 0.338 e. The molecule has 28 heavy (non-hydrogen) atoms. The lowest BCUT2D eigenvalue weighted by Gasteiger charge is -2.11. The molecule has 7 heteroatoms. The van der Waals surface area contributed by atoms with E-state index in [4.69, 9.17) is 14.2 Å². The summed E-state index contributed by atoms with van der Waals surface area (Å²) in [6, 6.07) is 13.3. The number of esters is 2. The Labute approximate surface area is 161 Å². The molecule has 1 atom stereocenters. The van der Waals surface area contributed by atoms with Crippen LogP contribution in [0.4, 0.5) is 0 Å². The molecule has 0 spiro atoms. The maximum absolute atomic E-state index is 13.2. The van der Waals surface area contributed by atoms with Gasteiger partial charge in [-0.3, -0.25) is 4.79 Å². The zero-order valence-corrected chi connectivity index (χ0v) is 15.6. The van der Waals surface area contributed by atoms with Crippen molar-refractivity contribution in [3.63, 3.8) is 0 Å². The zero-order valence-electron chi connectivity index (χ0n) is 15.6. The first-order valence-electron chi connectivity index (χ1n) is 8.50. The molecule has 1 aliphatic heterocycles. The molecular formula is C21H19NO6. The molecule has 1 aliphatic rings. The number of methoxy groups -OCH3 is 2. The summed E-state index contributed by atoms with van der Waals surface area (Å²) in [6.45, 7) is 0. The third kappa shape index (κ3) is 3.34. The Kier molecular flexibility index (Phi) is 5.44. The Balaban J connectivity index is 2.15. The number of Topliss-reactive ketones (excluding diaryl/α,β-unsaturated/α-hetero) is 1. The Bertz CT molecular complexity index is 964. The van der Waals surface area contributed by atoms with Crippen molar-refractivity contribution in [3.8, 4) is 0 Å². The number of ether oxygens (including phenoxy) is 3. The first-order valence-corrected chi connectivity index (χ1v) is 8.50. The minimum absolute atomic E-state index is 0.142. The molecule has 0 bridgehead atoms. The van der Waals surface area contributed by atoms with E-state index in [1.165, 1.54) is 32.4 Å². The summed E-state index contributed by atoms with van der Waals surface area (Å²) in [5.74, 6) is -1.34. The van der Waals surface area contributed by atoms with E-state index in [1.54, 1.807) is 31.3 Å². The van der Waals surface area contributed by atoms with Gasteiger partial charge in [0.05, 0.1) is 30.9 Å². The molecule has 7 nitrogen and oxygen atoms in total. The second-order valence-electron chi connectivity index (χ2n) is 5.97. The van der Waals surface area contributed by atoms with Crippen LogP contribution in [0.3, 0.4) is 0 Å². The molecule has 0 aliphatic carbocycles. The van der Waals surface area contributed by atoms with Crippen LogP contribution in [0.5, 0.6) is 0 Å².